The Balaban J connectivity index is 2.25. The lowest BCUT2D eigenvalue weighted by atomic mass is 10.1. The fourth-order valence-electron chi connectivity index (χ4n) is 1.88. The van der Waals surface area contributed by atoms with Crippen LogP contribution in [0.25, 0.3) is 0 Å². The Kier molecular flexibility index (Phi) is 4.81. The van der Waals surface area contributed by atoms with Crippen molar-refractivity contribution in [1.29, 1.82) is 0 Å². The van der Waals surface area contributed by atoms with Gasteiger partial charge in [-0.1, -0.05) is 34.1 Å². The molecule has 0 aliphatic carbocycles. The predicted octanol–water partition coefficient (Wildman–Crippen LogP) is 3.94. The molecule has 0 aliphatic rings. The summed E-state index contributed by atoms with van der Waals surface area (Å²) in [6.07, 6.45) is 0. The summed E-state index contributed by atoms with van der Waals surface area (Å²) in [6, 6.07) is 10.6. The summed E-state index contributed by atoms with van der Waals surface area (Å²) in [5.41, 5.74) is 1.11. The van der Waals surface area contributed by atoms with Gasteiger partial charge in [-0.15, -0.1) is 0 Å². The molecule has 0 spiro atoms. The Morgan fingerprint density at radius 1 is 1.19 bits per heavy atom. The molecule has 0 saturated carbocycles. The maximum Gasteiger partial charge on any atom is 0.241 e. The van der Waals surface area contributed by atoms with Crippen molar-refractivity contribution in [2.45, 2.75) is 24.8 Å². The average molecular weight is 372 g/mol. The molecule has 0 fully saturated rings. The van der Waals surface area contributed by atoms with E-state index in [1.54, 1.807) is 38.1 Å². The maximum atomic E-state index is 13.6. The second kappa shape index (κ2) is 6.25. The third kappa shape index (κ3) is 3.90. The Morgan fingerprint density at radius 2 is 1.90 bits per heavy atom. The second-order valence-corrected chi connectivity index (χ2v) is 7.44. The summed E-state index contributed by atoms with van der Waals surface area (Å²) >= 11 is 3.24. The molecule has 2 rings (SSSR count). The van der Waals surface area contributed by atoms with Gasteiger partial charge in [0.05, 0.1) is 4.90 Å². The van der Waals surface area contributed by atoms with Crippen molar-refractivity contribution < 1.29 is 12.8 Å². The Morgan fingerprint density at radius 3 is 2.52 bits per heavy atom. The molecule has 1 N–H and O–H groups in total. The van der Waals surface area contributed by atoms with E-state index >= 15 is 0 Å². The standard InChI is InChI=1S/C15H15BrFNO2S/c1-10-6-7-12(8-15(10)17)11(2)18-21(19,20)14-5-3-4-13(16)9-14/h3-9,11,18H,1-2H3. The van der Waals surface area contributed by atoms with Crippen LogP contribution in [0, 0.1) is 12.7 Å². The highest BCUT2D eigenvalue weighted by molar-refractivity contribution is 9.10. The van der Waals surface area contributed by atoms with E-state index in [0.717, 1.165) is 0 Å². The monoisotopic (exact) mass is 371 g/mol. The van der Waals surface area contributed by atoms with Crippen molar-refractivity contribution in [1.82, 2.24) is 4.72 Å². The van der Waals surface area contributed by atoms with Crippen molar-refractivity contribution in [2.75, 3.05) is 0 Å². The van der Waals surface area contributed by atoms with Gasteiger partial charge < -0.3 is 0 Å². The molecule has 1 unspecified atom stereocenters. The zero-order valence-electron chi connectivity index (χ0n) is 11.6. The van der Waals surface area contributed by atoms with Crippen LogP contribution >= 0.6 is 15.9 Å². The highest BCUT2D eigenvalue weighted by Crippen LogP contribution is 2.21. The van der Waals surface area contributed by atoms with E-state index in [1.165, 1.54) is 18.2 Å². The van der Waals surface area contributed by atoms with Crippen LogP contribution in [-0.4, -0.2) is 8.42 Å². The number of hydrogen-bond acceptors (Lipinski definition) is 2. The van der Waals surface area contributed by atoms with Crippen molar-refractivity contribution >= 4 is 26.0 Å². The lowest BCUT2D eigenvalue weighted by Gasteiger charge is -2.15. The van der Waals surface area contributed by atoms with Gasteiger partial charge in [0.15, 0.2) is 0 Å². The van der Waals surface area contributed by atoms with Gasteiger partial charge in [-0.3, -0.25) is 0 Å². The Bertz CT molecular complexity index is 762. The van der Waals surface area contributed by atoms with Crippen LogP contribution in [0.15, 0.2) is 51.8 Å². The number of hydrogen-bond donors (Lipinski definition) is 1. The van der Waals surface area contributed by atoms with Gasteiger partial charge >= 0.3 is 0 Å². The molecular formula is C15H15BrFNO2S. The van der Waals surface area contributed by atoms with Gasteiger partial charge in [0.1, 0.15) is 5.82 Å². The third-order valence-electron chi connectivity index (χ3n) is 3.13. The smallest absolute Gasteiger partial charge is 0.207 e. The van der Waals surface area contributed by atoms with Gasteiger partial charge in [0.25, 0.3) is 0 Å². The van der Waals surface area contributed by atoms with Crippen molar-refractivity contribution in [3.63, 3.8) is 0 Å². The van der Waals surface area contributed by atoms with Crippen LogP contribution in [0.1, 0.15) is 24.1 Å². The van der Waals surface area contributed by atoms with E-state index in [4.69, 9.17) is 0 Å². The largest absolute Gasteiger partial charge is 0.241 e. The highest BCUT2D eigenvalue weighted by atomic mass is 79.9. The molecular weight excluding hydrogens is 357 g/mol. The first-order chi connectivity index (χ1) is 9.79. The summed E-state index contributed by atoms with van der Waals surface area (Å²) in [5.74, 6) is -0.346. The first kappa shape index (κ1) is 16.1. The lowest BCUT2D eigenvalue weighted by molar-refractivity contribution is 0.564. The van der Waals surface area contributed by atoms with E-state index in [0.29, 0.717) is 15.6 Å². The van der Waals surface area contributed by atoms with Crippen LogP contribution in [0.2, 0.25) is 0 Å². The second-order valence-electron chi connectivity index (χ2n) is 4.81. The molecule has 0 saturated heterocycles. The summed E-state index contributed by atoms with van der Waals surface area (Å²) < 4.78 is 41.4. The zero-order valence-corrected chi connectivity index (χ0v) is 14.0. The number of sulfonamides is 1. The van der Waals surface area contributed by atoms with Crippen LogP contribution in [-0.2, 0) is 10.0 Å². The number of halogens is 2. The van der Waals surface area contributed by atoms with Crippen molar-refractivity contribution in [3.8, 4) is 0 Å². The Labute approximate surface area is 132 Å². The van der Waals surface area contributed by atoms with Gasteiger partial charge in [-0.25, -0.2) is 17.5 Å². The molecule has 0 heterocycles. The fourth-order valence-corrected chi connectivity index (χ4v) is 3.71. The predicted molar refractivity (Wildman–Crippen MR) is 84.0 cm³/mol. The van der Waals surface area contributed by atoms with Crippen LogP contribution in [0.5, 0.6) is 0 Å². The first-order valence-corrected chi connectivity index (χ1v) is 8.61. The lowest BCUT2D eigenvalue weighted by Crippen LogP contribution is -2.27. The Hall–Kier alpha value is -1.24. The van der Waals surface area contributed by atoms with Gasteiger partial charge in [-0.05, 0) is 49.2 Å². The molecule has 3 nitrogen and oxygen atoms in total. The zero-order chi connectivity index (χ0) is 15.6. The molecule has 6 heteroatoms. The number of aryl methyl sites for hydroxylation is 1. The minimum Gasteiger partial charge on any atom is -0.207 e. The van der Waals surface area contributed by atoms with E-state index in [-0.39, 0.29) is 10.7 Å². The van der Waals surface area contributed by atoms with Crippen LogP contribution < -0.4 is 4.72 Å². The summed E-state index contributed by atoms with van der Waals surface area (Å²) in [5, 5.41) is 0. The van der Waals surface area contributed by atoms with Crippen LogP contribution in [0.4, 0.5) is 4.39 Å². The maximum absolute atomic E-state index is 13.6. The summed E-state index contributed by atoms with van der Waals surface area (Å²) in [4.78, 5) is 0.163. The molecule has 0 radical (unpaired) electrons. The van der Waals surface area contributed by atoms with Gasteiger partial charge in [0.2, 0.25) is 10.0 Å². The minimum absolute atomic E-state index is 0.163. The number of nitrogens with one attached hydrogen (secondary N) is 1. The molecule has 112 valence electrons. The van der Waals surface area contributed by atoms with E-state index < -0.39 is 16.1 Å². The fraction of sp³-hybridized carbons (Fsp3) is 0.200. The quantitative estimate of drug-likeness (QED) is 0.884. The molecule has 21 heavy (non-hydrogen) atoms. The van der Waals surface area contributed by atoms with Crippen LogP contribution in [0.3, 0.4) is 0 Å². The molecule has 0 aliphatic heterocycles. The highest BCUT2D eigenvalue weighted by Gasteiger charge is 2.19. The normalized spacial score (nSPS) is 13.1. The van der Waals surface area contributed by atoms with E-state index in [9.17, 15) is 12.8 Å². The van der Waals surface area contributed by atoms with E-state index in [1.807, 2.05) is 0 Å². The molecule has 0 bridgehead atoms. The average Bonchev–Trinajstić information content (AvgIpc) is 2.41. The molecule has 1 atom stereocenters. The SMILES string of the molecule is Cc1ccc(C(C)NS(=O)(=O)c2cccc(Br)c2)cc1F. The molecule has 2 aromatic carbocycles. The van der Waals surface area contributed by atoms with Crippen molar-refractivity contribution in [2.24, 2.45) is 0 Å². The van der Waals surface area contributed by atoms with Gasteiger partial charge in [0, 0.05) is 10.5 Å². The topological polar surface area (TPSA) is 46.2 Å². The molecule has 2 aromatic rings. The van der Waals surface area contributed by atoms with Gasteiger partial charge in [-0.2, -0.15) is 0 Å². The molecule has 0 amide bonds. The van der Waals surface area contributed by atoms with Crippen molar-refractivity contribution in [3.05, 3.63) is 63.9 Å². The van der Waals surface area contributed by atoms with E-state index in [2.05, 4.69) is 20.7 Å². The summed E-state index contributed by atoms with van der Waals surface area (Å²) in [7, 11) is -3.66. The number of benzene rings is 2. The minimum atomic E-state index is -3.66. The summed E-state index contributed by atoms with van der Waals surface area (Å²) in [6.45, 7) is 3.34. The molecule has 0 aromatic heterocycles. The number of rotatable bonds is 4. The third-order valence-corrected chi connectivity index (χ3v) is 5.17. The first-order valence-electron chi connectivity index (χ1n) is 6.33.